The fourth-order valence-corrected chi connectivity index (χ4v) is 3.20. The molecular formula is C22H26N2O5. The smallest absolute Gasteiger partial charge is 0.248 e. The number of rotatable bonds is 7. The number of carbonyl (C=O) groups excluding carboxylic acids is 1. The molecule has 0 aromatic heterocycles. The lowest BCUT2D eigenvalue weighted by molar-refractivity contribution is -0.111. The first-order chi connectivity index (χ1) is 14.2. The lowest BCUT2D eigenvalue weighted by atomic mass is 10.1. The molecule has 0 spiro atoms. The highest BCUT2D eigenvalue weighted by Crippen LogP contribution is 2.38. The quantitative estimate of drug-likeness (QED) is 0.723. The zero-order chi connectivity index (χ0) is 20.6. The molecule has 3 rings (SSSR count). The van der Waals surface area contributed by atoms with Crippen molar-refractivity contribution in [3.8, 4) is 17.2 Å². The summed E-state index contributed by atoms with van der Waals surface area (Å²) in [5, 5.41) is 2.96. The van der Waals surface area contributed by atoms with Gasteiger partial charge in [0.2, 0.25) is 11.7 Å². The van der Waals surface area contributed by atoms with E-state index in [9.17, 15) is 4.79 Å². The molecule has 154 valence electrons. The maximum atomic E-state index is 12.5. The molecule has 1 aliphatic heterocycles. The van der Waals surface area contributed by atoms with Crippen LogP contribution in [0.2, 0.25) is 0 Å². The summed E-state index contributed by atoms with van der Waals surface area (Å²) in [4.78, 5) is 14.7. The fraction of sp³-hybridized carbons (Fsp3) is 0.318. The lowest BCUT2D eigenvalue weighted by Crippen LogP contribution is -2.36. The van der Waals surface area contributed by atoms with Crippen LogP contribution in [0.3, 0.4) is 0 Å². The van der Waals surface area contributed by atoms with Gasteiger partial charge in [-0.2, -0.15) is 0 Å². The molecule has 7 nitrogen and oxygen atoms in total. The van der Waals surface area contributed by atoms with Gasteiger partial charge < -0.3 is 29.2 Å². The number of nitrogens with one attached hydrogen (secondary N) is 1. The Morgan fingerprint density at radius 2 is 1.69 bits per heavy atom. The number of hydrogen-bond donors (Lipinski definition) is 1. The van der Waals surface area contributed by atoms with E-state index in [2.05, 4.69) is 10.2 Å². The Balaban J connectivity index is 1.75. The minimum absolute atomic E-state index is 0.223. The van der Waals surface area contributed by atoms with E-state index in [1.165, 1.54) is 6.08 Å². The summed E-state index contributed by atoms with van der Waals surface area (Å²) in [5.74, 6) is 1.35. The summed E-state index contributed by atoms with van der Waals surface area (Å²) in [7, 11) is 4.66. The summed E-state index contributed by atoms with van der Waals surface area (Å²) < 4.78 is 21.4. The van der Waals surface area contributed by atoms with Gasteiger partial charge in [-0.25, -0.2) is 0 Å². The van der Waals surface area contributed by atoms with Crippen molar-refractivity contribution in [2.24, 2.45) is 0 Å². The van der Waals surface area contributed by atoms with Crippen LogP contribution in [-0.2, 0) is 9.53 Å². The Morgan fingerprint density at radius 1 is 1.03 bits per heavy atom. The van der Waals surface area contributed by atoms with Crippen molar-refractivity contribution in [2.45, 2.75) is 0 Å². The Morgan fingerprint density at radius 3 is 2.31 bits per heavy atom. The van der Waals surface area contributed by atoms with Gasteiger partial charge in [-0.05, 0) is 35.9 Å². The molecule has 0 saturated carbocycles. The number of para-hydroxylation sites is 2. The van der Waals surface area contributed by atoms with E-state index in [4.69, 9.17) is 18.9 Å². The molecule has 7 heteroatoms. The Bertz CT molecular complexity index is 850. The van der Waals surface area contributed by atoms with Crippen molar-refractivity contribution in [2.75, 3.05) is 57.8 Å². The fourth-order valence-electron chi connectivity index (χ4n) is 3.20. The third-order valence-corrected chi connectivity index (χ3v) is 4.63. The van der Waals surface area contributed by atoms with E-state index in [1.54, 1.807) is 39.5 Å². The highest BCUT2D eigenvalue weighted by atomic mass is 16.5. The lowest BCUT2D eigenvalue weighted by Gasteiger charge is -2.30. The third kappa shape index (κ3) is 5.00. The van der Waals surface area contributed by atoms with Crippen LogP contribution in [0.25, 0.3) is 6.08 Å². The number of morpholine rings is 1. The van der Waals surface area contributed by atoms with E-state index in [1.807, 2.05) is 24.3 Å². The van der Waals surface area contributed by atoms with Crippen molar-refractivity contribution in [1.82, 2.24) is 0 Å². The highest BCUT2D eigenvalue weighted by molar-refractivity contribution is 6.03. The number of anilines is 2. The number of methoxy groups -OCH3 is 3. The van der Waals surface area contributed by atoms with Gasteiger partial charge in [0.05, 0.1) is 45.9 Å². The van der Waals surface area contributed by atoms with Crippen LogP contribution in [0.15, 0.2) is 42.5 Å². The van der Waals surface area contributed by atoms with Gasteiger partial charge in [-0.15, -0.1) is 0 Å². The minimum Gasteiger partial charge on any atom is -0.493 e. The molecule has 2 aromatic carbocycles. The molecule has 1 amide bonds. The van der Waals surface area contributed by atoms with Gasteiger partial charge in [0, 0.05) is 19.2 Å². The van der Waals surface area contributed by atoms with Crippen LogP contribution < -0.4 is 24.4 Å². The first-order valence-electron chi connectivity index (χ1n) is 9.37. The van der Waals surface area contributed by atoms with E-state index < -0.39 is 0 Å². The molecule has 1 fully saturated rings. The van der Waals surface area contributed by atoms with Crippen molar-refractivity contribution >= 4 is 23.4 Å². The molecule has 29 heavy (non-hydrogen) atoms. The average molecular weight is 398 g/mol. The maximum absolute atomic E-state index is 12.5. The van der Waals surface area contributed by atoms with E-state index in [-0.39, 0.29) is 5.91 Å². The first-order valence-corrected chi connectivity index (χ1v) is 9.37. The van der Waals surface area contributed by atoms with E-state index >= 15 is 0 Å². The van der Waals surface area contributed by atoms with Crippen molar-refractivity contribution in [3.63, 3.8) is 0 Å². The van der Waals surface area contributed by atoms with Gasteiger partial charge in [-0.1, -0.05) is 12.1 Å². The number of carbonyl (C=O) groups is 1. The molecule has 0 atom stereocenters. The average Bonchev–Trinajstić information content (AvgIpc) is 2.77. The van der Waals surface area contributed by atoms with E-state index in [0.717, 1.165) is 30.0 Å². The summed E-state index contributed by atoms with van der Waals surface area (Å²) in [5.41, 5.74) is 2.52. The Labute approximate surface area is 170 Å². The largest absolute Gasteiger partial charge is 0.493 e. The first kappa shape index (κ1) is 20.5. The highest BCUT2D eigenvalue weighted by Gasteiger charge is 2.15. The minimum atomic E-state index is -0.223. The van der Waals surface area contributed by atoms with Gasteiger partial charge >= 0.3 is 0 Å². The number of ether oxygens (including phenoxy) is 4. The second-order valence-corrected chi connectivity index (χ2v) is 6.40. The van der Waals surface area contributed by atoms with Gasteiger partial charge in [-0.3, -0.25) is 4.79 Å². The van der Waals surface area contributed by atoms with Gasteiger partial charge in [0.1, 0.15) is 0 Å². The molecule has 0 radical (unpaired) electrons. The molecule has 0 aliphatic carbocycles. The summed E-state index contributed by atoms with van der Waals surface area (Å²) in [6.45, 7) is 2.97. The normalized spacial score (nSPS) is 14.0. The van der Waals surface area contributed by atoms with Crippen LogP contribution >= 0.6 is 0 Å². The molecule has 1 N–H and O–H groups in total. The SMILES string of the molecule is COc1cc(/C=C/C(=O)Nc2ccccc2N2CCOCC2)cc(OC)c1OC. The zero-order valence-electron chi connectivity index (χ0n) is 16.9. The topological polar surface area (TPSA) is 69.3 Å². The summed E-state index contributed by atoms with van der Waals surface area (Å²) in [6.07, 6.45) is 3.19. The molecule has 1 aliphatic rings. The van der Waals surface area contributed by atoms with Crippen LogP contribution in [0.4, 0.5) is 11.4 Å². The molecule has 0 bridgehead atoms. The second-order valence-electron chi connectivity index (χ2n) is 6.40. The van der Waals surface area contributed by atoms with Crippen LogP contribution in [0.1, 0.15) is 5.56 Å². The van der Waals surface area contributed by atoms with Crippen molar-refractivity contribution in [3.05, 3.63) is 48.0 Å². The molecule has 2 aromatic rings. The standard InChI is InChI=1S/C22H26N2O5/c1-26-19-14-16(15-20(27-2)22(19)28-3)8-9-21(25)23-17-6-4-5-7-18(17)24-10-12-29-13-11-24/h4-9,14-15H,10-13H2,1-3H3,(H,23,25)/b9-8+. The van der Waals surface area contributed by atoms with Crippen LogP contribution in [-0.4, -0.2) is 53.5 Å². The maximum Gasteiger partial charge on any atom is 0.248 e. The molecule has 1 heterocycles. The number of hydrogen-bond acceptors (Lipinski definition) is 6. The monoisotopic (exact) mass is 398 g/mol. The predicted molar refractivity (Wildman–Crippen MR) is 113 cm³/mol. The number of amides is 1. The Kier molecular flexibility index (Phi) is 6.97. The zero-order valence-corrected chi connectivity index (χ0v) is 16.9. The van der Waals surface area contributed by atoms with E-state index in [0.29, 0.717) is 30.5 Å². The van der Waals surface area contributed by atoms with Gasteiger partial charge in [0.15, 0.2) is 11.5 Å². The van der Waals surface area contributed by atoms with Crippen LogP contribution in [0.5, 0.6) is 17.2 Å². The summed E-state index contributed by atoms with van der Waals surface area (Å²) in [6, 6.07) is 11.3. The Hall–Kier alpha value is -3.19. The predicted octanol–water partition coefficient (Wildman–Crippen LogP) is 3.20. The van der Waals surface area contributed by atoms with Crippen molar-refractivity contribution in [1.29, 1.82) is 0 Å². The molecule has 1 saturated heterocycles. The number of benzene rings is 2. The third-order valence-electron chi connectivity index (χ3n) is 4.63. The van der Waals surface area contributed by atoms with Gasteiger partial charge in [0.25, 0.3) is 0 Å². The molecular weight excluding hydrogens is 372 g/mol. The molecule has 0 unspecified atom stereocenters. The van der Waals surface area contributed by atoms with Crippen molar-refractivity contribution < 1.29 is 23.7 Å². The van der Waals surface area contributed by atoms with Crippen LogP contribution in [0, 0.1) is 0 Å². The second kappa shape index (κ2) is 9.84. The summed E-state index contributed by atoms with van der Waals surface area (Å²) >= 11 is 0. The number of nitrogens with zero attached hydrogens (tertiary/aromatic N) is 1.